The second-order valence-corrected chi connectivity index (χ2v) is 20.7. The van der Waals surface area contributed by atoms with Gasteiger partial charge in [0, 0.05) is 37.2 Å². The number of thiophene rings is 1. The van der Waals surface area contributed by atoms with Gasteiger partial charge in [-0.25, -0.2) is 0 Å². The summed E-state index contributed by atoms with van der Waals surface area (Å²) in [7, 11) is -1.43. The van der Waals surface area contributed by atoms with Crippen LogP contribution in [-0.4, -0.2) is 18.0 Å². The van der Waals surface area contributed by atoms with Crippen molar-refractivity contribution in [1.29, 1.82) is 0 Å². The summed E-state index contributed by atoms with van der Waals surface area (Å²) < 4.78 is 2.65. The number of aromatic nitrogens is 2. The van der Waals surface area contributed by atoms with E-state index in [9.17, 15) is 0 Å². The maximum absolute atomic E-state index is 4.72. The zero-order valence-corrected chi connectivity index (χ0v) is 33.6. The SMILES string of the molecule is C[Si](C)(C)c1cnc(-c2[c-]cccc2)cc1Cc1ccccc1.Cc1ccc2sc3c[c-]c(-c4cc(CC5CCCC5)ccn4)cc3c2c1.[Ir]. The van der Waals surface area contributed by atoms with Gasteiger partial charge in [0.05, 0.1) is 8.07 Å². The first-order valence-corrected chi connectivity index (χ1v) is 21.9. The first kappa shape index (κ1) is 36.1. The summed E-state index contributed by atoms with van der Waals surface area (Å²) in [4.78, 5) is 9.37. The fourth-order valence-electron chi connectivity index (χ4n) is 7.11. The van der Waals surface area contributed by atoms with Crippen LogP contribution in [0.5, 0.6) is 0 Å². The summed E-state index contributed by atoms with van der Waals surface area (Å²) >= 11 is 1.85. The van der Waals surface area contributed by atoms with Crippen molar-refractivity contribution < 1.29 is 20.1 Å². The molecule has 1 aliphatic carbocycles. The Morgan fingerprint density at radius 3 is 2.26 bits per heavy atom. The molecule has 3 aromatic heterocycles. The Bertz CT molecular complexity index is 2180. The van der Waals surface area contributed by atoms with E-state index in [1.807, 2.05) is 35.7 Å². The van der Waals surface area contributed by atoms with E-state index in [2.05, 4.69) is 135 Å². The maximum Gasteiger partial charge on any atom is 0.0799 e. The van der Waals surface area contributed by atoms with Crippen molar-refractivity contribution in [3.05, 3.63) is 150 Å². The molecule has 0 spiro atoms. The predicted octanol–water partition coefficient (Wildman–Crippen LogP) is 11.6. The Morgan fingerprint density at radius 1 is 0.740 bits per heavy atom. The van der Waals surface area contributed by atoms with Gasteiger partial charge in [-0.3, -0.25) is 0 Å². The van der Waals surface area contributed by atoms with E-state index in [0.29, 0.717) is 0 Å². The van der Waals surface area contributed by atoms with Gasteiger partial charge in [0.25, 0.3) is 0 Å². The quantitative estimate of drug-likeness (QED) is 0.118. The summed E-state index contributed by atoms with van der Waals surface area (Å²) in [6, 6.07) is 43.3. The van der Waals surface area contributed by atoms with Crippen LogP contribution in [-0.2, 0) is 32.9 Å². The molecule has 0 amide bonds. The van der Waals surface area contributed by atoms with Crippen LogP contribution < -0.4 is 5.19 Å². The molecule has 0 saturated heterocycles. The van der Waals surface area contributed by atoms with E-state index >= 15 is 0 Å². The van der Waals surface area contributed by atoms with Crippen molar-refractivity contribution in [2.45, 2.75) is 65.1 Å². The first-order valence-electron chi connectivity index (χ1n) is 17.6. The van der Waals surface area contributed by atoms with Crippen molar-refractivity contribution in [1.82, 2.24) is 9.97 Å². The van der Waals surface area contributed by atoms with Gasteiger partial charge in [-0.2, -0.15) is 11.3 Å². The molecule has 2 nitrogen and oxygen atoms in total. The molecule has 0 atom stereocenters. The number of benzene rings is 4. The van der Waals surface area contributed by atoms with Crippen molar-refractivity contribution >= 4 is 44.8 Å². The standard InChI is InChI=1S/C24H22NS.C21H22NSi.Ir/c1-16-6-8-23-20(12-16)21-15-19(7-9-24(21)26-23)22-14-18(10-11-25-22)13-17-4-2-3-5-17;1-23(2,3)21-16-22-20(18-12-8-5-9-13-18)15-19(21)14-17-10-6-4-7-11-17;/h6,8-12,14-15,17H,2-5,13H2,1H3;4-12,15-16H,14H2,1-3H3;/q2*-1;. The van der Waals surface area contributed by atoms with E-state index in [-0.39, 0.29) is 20.1 Å². The number of hydrogen-bond donors (Lipinski definition) is 0. The minimum Gasteiger partial charge on any atom is -0.305 e. The van der Waals surface area contributed by atoms with Gasteiger partial charge in [-0.1, -0.05) is 122 Å². The topological polar surface area (TPSA) is 25.8 Å². The third kappa shape index (κ3) is 8.58. The van der Waals surface area contributed by atoms with Crippen LogP contribution in [0, 0.1) is 25.0 Å². The van der Waals surface area contributed by atoms with E-state index in [4.69, 9.17) is 4.98 Å². The summed E-state index contributed by atoms with van der Waals surface area (Å²) in [6.07, 6.45) is 11.8. The van der Waals surface area contributed by atoms with Gasteiger partial charge < -0.3 is 9.97 Å². The number of fused-ring (bicyclic) bond motifs is 3. The summed E-state index contributed by atoms with van der Waals surface area (Å²) in [5.74, 6) is 0.862. The van der Waals surface area contributed by atoms with Gasteiger partial charge in [0.1, 0.15) is 0 Å². The zero-order valence-electron chi connectivity index (χ0n) is 29.4. The van der Waals surface area contributed by atoms with Gasteiger partial charge in [0.15, 0.2) is 0 Å². The largest absolute Gasteiger partial charge is 0.305 e. The van der Waals surface area contributed by atoms with Crippen molar-refractivity contribution in [2.75, 3.05) is 0 Å². The van der Waals surface area contributed by atoms with Crippen LogP contribution in [0.4, 0.5) is 0 Å². The number of pyridine rings is 2. The zero-order chi connectivity index (χ0) is 33.8. The van der Waals surface area contributed by atoms with Crippen LogP contribution in [0.25, 0.3) is 42.7 Å². The third-order valence-electron chi connectivity index (χ3n) is 9.68. The van der Waals surface area contributed by atoms with Crippen molar-refractivity contribution in [3.63, 3.8) is 0 Å². The Hall–Kier alpha value is -3.73. The fraction of sp³-hybridized carbons (Fsp3) is 0.244. The normalized spacial score (nSPS) is 13.2. The molecule has 8 rings (SSSR count). The van der Waals surface area contributed by atoms with Crippen molar-refractivity contribution in [2.24, 2.45) is 5.92 Å². The molecule has 4 aromatic carbocycles. The van der Waals surface area contributed by atoms with Gasteiger partial charge in [-0.05, 0) is 70.0 Å². The van der Waals surface area contributed by atoms with Crippen LogP contribution in [0.1, 0.15) is 47.9 Å². The van der Waals surface area contributed by atoms with Crippen LogP contribution >= 0.6 is 11.3 Å². The maximum atomic E-state index is 4.72. The summed E-state index contributed by atoms with van der Waals surface area (Å²) in [5, 5.41) is 4.12. The molecule has 3 heterocycles. The fourth-order valence-corrected chi connectivity index (χ4v) is 9.74. The molecular formula is C45H44IrN2SSi-2. The molecule has 1 aliphatic rings. The van der Waals surface area contributed by atoms with E-state index in [1.54, 1.807) is 0 Å². The molecule has 1 fully saturated rings. The molecule has 0 N–H and O–H groups in total. The second-order valence-electron chi connectivity index (χ2n) is 14.5. The first-order chi connectivity index (χ1) is 23.8. The average Bonchev–Trinajstić information content (AvgIpc) is 3.76. The monoisotopic (exact) mass is 865 g/mol. The Labute approximate surface area is 316 Å². The minimum atomic E-state index is -1.43. The average molecular weight is 865 g/mol. The van der Waals surface area contributed by atoms with Crippen molar-refractivity contribution in [3.8, 4) is 22.5 Å². The Morgan fingerprint density at radius 2 is 1.50 bits per heavy atom. The minimum absolute atomic E-state index is 0. The van der Waals surface area contributed by atoms with Gasteiger partial charge in [0.2, 0.25) is 0 Å². The molecule has 1 radical (unpaired) electrons. The molecule has 50 heavy (non-hydrogen) atoms. The Kier molecular flexibility index (Phi) is 11.6. The third-order valence-corrected chi connectivity index (χ3v) is 12.9. The van der Waals surface area contributed by atoms with Crippen LogP contribution in [0.2, 0.25) is 19.6 Å². The van der Waals surface area contributed by atoms with Gasteiger partial charge >= 0.3 is 0 Å². The molecular weight excluding hydrogens is 821 g/mol. The smallest absolute Gasteiger partial charge is 0.0799 e. The van der Waals surface area contributed by atoms with E-state index < -0.39 is 8.07 Å². The number of aryl methyl sites for hydroxylation is 1. The van der Waals surface area contributed by atoms with Gasteiger partial charge in [-0.15, -0.1) is 59.7 Å². The van der Waals surface area contributed by atoms with E-state index in [0.717, 1.165) is 34.9 Å². The Balaban J connectivity index is 0.000000171. The molecule has 0 unspecified atom stereocenters. The summed E-state index contributed by atoms with van der Waals surface area (Å²) in [5.41, 5.74) is 9.70. The molecule has 7 aromatic rings. The number of nitrogens with zero attached hydrogens (tertiary/aromatic N) is 2. The summed E-state index contributed by atoms with van der Waals surface area (Å²) in [6.45, 7) is 9.30. The molecule has 0 bridgehead atoms. The van der Waals surface area contributed by atoms with Crippen LogP contribution in [0.3, 0.4) is 0 Å². The molecule has 1 saturated carbocycles. The molecule has 0 aliphatic heterocycles. The number of rotatable bonds is 7. The number of hydrogen-bond acceptors (Lipinski definition) is 3. The molecule has 255 valence electrons. The predicted molar refractivity (Wildman–Crippen MR) is 213 cm³/mol. The van der Waals surface area contributed by atoms with E-state index in [1.165, 1.54) is 79.7 Å². The second kappa shape index (κ2) is 16.1. The molecule has 5 heteroatoms. The van der Waals surface area contributed by atoms with Crippen LogP contribution in [0.15, 0.2) is 116 Å².